The normalized spacial score (nSPS) is 9.41. The van der Waals surface area contributed by atoms with Gasteiger partial charge in [-0.25, -0.2) is 0 Å². The van der Waals surface area contributed by atoms with Crippen molar-refractivity contribution in [3.63, 3.8) is 0 Å². The van der Waals surface area contributed by atoms with E-state index in [-0.39, 0.29) is 5.91 Å². The first-order valence-electron chi connectivity index (χ1n) is 5.57. The summed E-state index contributed by atoms with van der Waals surface area (Å²) < 4.78 is 5.05. The fourth-order valence-corrected chi connectivity index (χ4v) is 1.40. The third-order valence-corrected chi connectivity index (χ3v) is 2.33. The van der Waals surface area contributed by atoms with Crippen LogP contribution in [-0.4, -0.2) is 19.6 Å². The van der Waals surface area contributed by atoms with E-state index in [0.29, 0.717) is 24.3 Å². The fourth-order valence-electron chi connectivity index (χ4n) is 1.40. The highest BCUT2D eigenvalue weighted by atomic mass is 16.5. The second-order valence-electron chi connectivity index (χ2n) is 3.60. The van der Waals surface area contributed by atoms with Gasteiger partial charge in [0, 0.05) is 18.5 Å². The lowest BCUT2D eigenvalue weighted by molar-refractivity contribution is 0.0952. The summed E-state index contributed by atoms with van der Waals surface area (Å²) in [5.74, 6) is 0.558. The molecule has 17 heavy (non-hydrogen) atoms. The van der Waals surface area contributed by atoms with Crippen molar-refractivity contribution in [1.82, 2.24) is 5.32 Å². The summed E-state index contributed by atoms with van der Waals surface area (Å²) in [7, 11) is 1.57. The highest BCUT2D eigenvalue weighted by molar-refractivity contribution is 5.94. The quantitative estimate of drug-likeness (QED) is 0.764. The van der Waals surface area contributed by atoms with Gasteiger partial charge in [-0.3, -0.25) is 4.79 Å². The molecule has 0 heterocycles. The predicted molar refractivity (Wildman–Crippen MR) is 64.8 cm³/mol. The SMILES string of the molecule is COc1cccc(C(=O)NCCCCC#N)c1. The van der Waals surface area contributed by atoms with E-state index in [9.17, 15) is 4.79 Å². The summed E-state index contributed by atoms with van der Waals surface area (Å²) in [5, 5.41) is 11.2. The van der Waals surface area contributed by atoms with Crippen LogP contribution >= 0.6 is 0 Å². The van der Waals surface area contributed by atoms with Crippen LogP contribution in [0.15, 0.2) is 24.3 Å². The summed E-state index contributed by atoms with van der Waals surface area (Å²) in [6.45, 7) is 0.595. The Balaban J connectivity index is 2.39. The van der Waals surface area contributed by atoms with Crippen LogP contribution in [0, 0.1) is 11.3 Å². The van der Waals surface area contributed by atoms with Crippen molar-refractivity contribution in [2.75, 3.05) is 13.7 Å². The molecule has 0 aliphatic rings. The predicted octanol–water partition coefficient (Wildman–Crippen LogP) is 2.12. The molecule has 0 aliphatic heterocycles. The second kappa shape index (κ2) is 7.29. The number of nitriles is 1. The van der Waals surface area contributed by atoms with Crippen LogP contribution in [0.2, 0.25) is 0 Å². The van der Waals surface area contributed by atoms with Gasteiger partial charge in [-0.1, -0.05) is 6.07 Å². The molecule has 90 valence electrons. The highest BCUT2D eigenvalue weighted by Crippen LogP contribution is 2.12. The molecular weight excluding hydrogens is 216 g/mol. The molecule has 0 radical (unpaired) electrons. The second-order valence-corrected chi connectivity index (χ2v) is 3.60. The Labute approximate surface area is 101 Å². The van der Waals surface area contributed by atoms with E-state index in [1.165, 1.54) is 0 Å². The average molecular weight is 232 g/mol. The number of nitrogens with zero attached hydrogens (tertiary/aromatic N) is 1. The minimum Gasteiger partial charge on any atom is -0.497 e. The Morgan fingerprint density at radius 3 is 3.00 bits per heavy atom. The van der Waals surface area contributed by atoms with E-state index in [0.717, 1.165) is 12.8 Å². The summed E-state index contributed by atoms with van der Waals surface area (Å²) in [6.07, 6.45) is 2.17. The third kappa shape index (κ3) is 4.56. The molecule has 0 bridgehead atoms. The van der Waals surface area contributed by atoms with Gasteiger partial charge < -0.3 is 10.1 Å². The molecule has 0 saturated carbocycles. The molecule has 0 spiro atoms. The Morgan fingerprint density at radius 1 is 1.47 bits per heavy atom. The van der Waals surface area contributed by atoms with Gasteiger partial charge in [0.25, 0.3) is 5.91 Å². The van der Waals surface area contributed by atoms with E-state index in [1.807, 2.05) is 0 Å². The topological polar surface area (TPSA) is 62.1 Å². The number of hydrogen-bond donors (Lipinski definition) is 1. The van der Waals surface area contributed by atoms with Crippen molar-refractivity contribution in [2.45, 2.75) is 19.3 Å². The number of rotatable bonds is 6. The average Bonchev–Trinajstić information content (AvgIpc) is 2.38. The van der Waals surface area contributed by atoms with E-state index in [1.54, 1.807) is 31.4 Å². The maximum absolute atomic E-state index is 11.7. The number of nitrogens with one attached hydrogen (secondary N) is 1. The van der Waals surface area contributed by atoms with Gasteiger partial charge in [-0.2, -0.15) is 5.26 Å². The van der Waals surface area contributed by atoms with Gasteiger partial charge in [-0.05, 0) is 31.0 Å². The summed E-state index contributed by atoms with van der Waals surface area (Å²) in [4.78, 5) is 11.7. The van der Waals surface area contributed by atoms with Crippen LogP contribution in [-0.2, 0) is 0 Å². The number of carbonyl (C=O) groups is 1. The van der Waals surface area contributed by atoms with Crippen molar-refractivity contribution < 1.29 is 9.53 Å². The van der Waals surface area contributed by atoms with Crippen LogP contribution in [0.25, 0.3) is 0 Å². The zero-order valence-corrected chi connectivity index (χ0v) is 9.90. The van der Waals surface area contributed by atoms with Gasteiger partial charge in [0.05, 0.1) is 13.2 Å². The number of ether oxygens (including phenoxy) is 1. The summed E-state index contributed by atoms with van der Waals surface area (Å²) in [5.41, 5.74) is 0.588. The smallest absolute Gasteiger partial charge is 0.251 e. The number of amides is 1. The largest absolute Gasteiger partial charge is 0.497 e. The Hall–Kier alpha value is -2.02. The zero-order chi connectivity index (χ0) is 12.5. The first kappa shape index (κ1) is 13.0. The molecule has 4 heteroatoms. The molecule has 0 saturated heterocycles. The van der Waals surface area contributed by atoms with E-state index in [4.69, 9.17) is 10.00 Å². The number of hydrogen-bond acceptors (Lipinski definition) is 3. The molecule has 4 nitrogen and oxygen atoms in total. The molecule has 0 aromatic heterocycles. The Morgan fingerprint density at radius 2 is 2.29 bits per heavy atom. The van der Waals surface area contributed by atoms with Crippen LogP contribution in [0.3, 0.4) is 0 Å². The van der Waals surface area contributed by atoms with Gasteiger partial charge in [0.15, 0.2) is 0 Å². The van der Waals surface area contributed by atoms with Gasteiger partial charge in [0.1, 0.15) is 5.75 Å². The lowest BCUT2D eigenvalue weighted by atomic mass is 10.2. The van der Waals surface area contributed by atoms with Gasteiger partial charge in [-0.15, -0.1) is 0 Å². The first-order valence-corrected chi connectivity index (χ1v) is 5.57. The van der Waals surface area contributed by atoms with Crippen molar-refractivity contribution in [3.05, 3.63) is 29.8 Å². The molecule has 1 amide bonds. The number of carbonyl (C=O) groups excluding carboxylic acids is 1. The standard InChI is InChI=1S/C13H16N2O2/c1-17-12-7-5-6-11(10-12)13(16)15-9-4-2-3-8-14/h5-7,10H,2-4,9H2,1H3,(H,15,16). The zero-order valence-electron chi connectivity index (χ0n) is 9.90. The van der Waals surface area contributed by atoms with Crippen LogP contribution in [0.5, 0.6) is 5.75 Å². The number of methoxy groups -OCH3 is 1. The lowest BCUT2D eigenvalue weighted by Crippen LogP contribution is -2.24. The molecule has 0 atom stereocenters. The van der Waals surface area contributed by atoms with Crippen molar-refractivity contribution in [3.8, 4) is 11.8 Å². The number of unbranched alkanes of at least 4 members (excludes halogenated alkanes) is 2. The third-order valence-electron chi connectivity index (χ3n) is 2.33. The molecule has 0 aliphatic carbocycles. The maximum Gasteiger partial charge on any atom is 0.251 e. The van der Waals surface area contributed by atoms with Crippen molar-refractivity contribution >= 4 is 5.91 Å². The molecule has 1 N–H and O–H groups in total. The molecule has 1 aromatic rings. The molecule has 1 rings (SSSR count). The Kier molecular flexibility index (Phi) is 5.59. The van der Waals surface area contributed by atoms with E-state index < -0.39 is 0 Å². The molecule has 1 aromatic carbocycles. The lowest BCUT2D eigenvalue weighted by Gasteiger charge is -2.05. The van der Waals surface area contributed by atoms with E-state index in [2.05, 4.69) is 11.4 Å². The number of benzene rings is 1. The molecule has 0 unspecified atom stereocenters. The van der Waals surface area contributed by atoms with Gasteiger partial charge >= 0.3 is 0 Å². The molecule has 0 fully saturated rings. The minimum atomic E-state index is -0.110. The van der Waals surface area contributed by atoms with Crippen LogP contribution in [0.1, 0.15) is 29.6 Å². The fraction of sp³-hybridized carbons (Fsp3) is 0.385. The van der Waals surface area contributed by atoms with Crippen molar-refractivity contribution in [1.29, 1.82) is 5.26 Å². The van der Waals surface area contributed by atoms with Gasteiger partial charge in [0.2, 0.25) is 0 Å². The summed E-state index contributed by atoms with van der Waals surface area (Å²) in [6, 6.07) is 9.09. The Bertz CT molecular complexity index is 410. The summed E-state index contributed by atoms with van der Waals surface area (Å²) >= 11 is 0. The maximum atomic E-state index is 11.7. The van der Waals surface area contributed by atoms with Crippen LogP contribution < -0.4 is 10.1 Å². The highest BCUT2D eigenvalue weighted by Gasteiger charge is 2.05. The van der Waals surface area contributed by atoms with Crippen molar-refractivity contribution in [2.24, 2.45) is 0 Å². The minimum absolute atomic E-state index is 0.110. The first-order chi connectivity index (χ1) is 8.27. The van der Waals surface area contributed by atoms with E-state index >= 15 is 0 Å². The van der Waals surface area contributed by atoms with Crippen LogP contribution in [0.4, 0.5) is 0 Å². The molecular formula is C13H16N2O2. The monoisotopic (exact) mass is 232 g/mol.